The fourth-order valence-corrected chi connectivity index (χ4v) is 1.66. The molecule has 0 bridgehead atoms. The van der Waals surface area contributed by atoms with Crippen LogP contribution in [0.1, 0.15) is 36.2 Å². The molecule has 0 spiro atoms. The molecule has 0 atom stereocenters. The zero-order valence-corrected chi connectivity index (χ0v) is 9.79. The summed E-state index contributed by atoms with van der Waals surface area (Å²) in [6.07, 6.45) is 1.01. The fourth-order valence-electron chi connectivity index (χ4n) is 1.66. The monoisotopic (exact) mass is 205 g/mol. The summed E-state index contributed by atoms with van der Waals surface area (Å²) in [5, 5.41) is 0. The number of hydrogen-bond donors (Lipinski definition) is 0. The first-order valence-corrected chi connectivity index (χ1v) is 5.55. The Morgan fingerprint density at radius 3 is 2.47 bits per heavy atom. The lowest BCUT2D eigenvalue weighted by atomic mass is 10.1. The predicted molar refractivity (Wildman–Crippen MR) is 63.0 cm³/mol. The summed E-state index contributed by atoms with van der Waals surface area (Å²) in [6, 6.07) is 7.76. The molecule has 0 aliphatic rings. The summed E-state index contributed by atoms with van der Waals surface area (Å²) >= 11 is 0. The van der Waals surface area contributed by atoms with Gasteiger partial charge < -0.3 is 4.90 Å². The van der Waals surface area contributed by atoms with Crippen molar-refractivity contribution in [2.45, 2.75) is 27.2 Å². The smallest absolute Gasteiger partial charge is 0.254 e. The van der Waals surface area contributed by atoms with E-state index in [9.17, 15) is 4.79 Å². The van der Waals surface area contributed by atoms with Crippen molar-refractivity contribution in [3.63, 3.8) is 0 Å². The summed E-state index contributed by atoms with van der Waals surface area (Å²) < 4.78 is 0. The zero-order chi connectivity index (χ0) is 11.3. The topological polar surface area (TPSA) is 20.3 Å². The van der Waals surface area contributed by atoms with Crippen molar-refractivity contribution in [3.05, 3.63) is 35.4 Å². The summed E-state index contributed by atoms with van der Waals surface area (Å²) in [5.41, 5.74) is 1.88. The Labute approximate surface area is 91.9 Å². The number of amides is 1. The molecule has 2 heteroatoms. The Morgan fingerprint density at radius 1 is 1.27 bits per heavy atom. The average molecular weight is 205 g/mol. The fraction of sp³-hybridized carbons (Fsp3) is 0.462. The lowest BCUT2D eigenvalue weighted by Crippen LogP contribution is -2.31. The summed E-state index contributed by atoms with van der Waals surface area (Å²) in [5.74, 6) is 0.150. The van der Waals surface area contributed by atoms with Crippen LogP contribution in [0.5, 0.6) is 0 Å². The lowest BCUT2D eigenvalue weighted by Gasteiger charge is -2.20. The van der Waals surface area contributed by atoms with E-state index in [1.807, 2.05) is 43.0 Å². The number of rotatable bonds is 4. The third kappa shape index (κ3) is 2.82. The molecule has 0 radical (unpaired) electrons. The van der Waals surface area contributed by atoms with Crippen LogP contribution in [0.3, 0.4) is 0 Å². The Hall–Kier alpha value is -1.31. The molecule has 0 aromatic heterocycles. The van der Waals surface area contributed by atoms with Gasteiger partial charge in [0.15, 0.2) is 0 Å². The first kappa shape index (κ1) is 11.8. The number of carbonyl (C=O) groups is 1. The molecule has 1 amide bonds. The van der Waals surface area contributed by atoms with Gasteiger partial charge in [0.05, 0.1) is 0 Å². The minimum absolute atomic E-state index is 0.150. The summed E-state index contributed by atoms with van der Waals surface area (Å²) in [6.45, 7) is 7.71. The number of aryl methyl sites for hydroxylation is 1. The third-order valence-electron chi connectivity index (χ3n) is 2.54. The molecule has 0 aliphatic heterocycles. The van der Waals surface area contributed by atoms with Crippen LogP contribution in [0.4, 0.5) is 0 Å². The van der Waals surface area contributed by atoms with Crippen LogP contribution in [0.15, 0.2) is 24.3 Å². The minimum Gasteiger partial charge on any atom is -0.339 e. The van der Waals surface area contributed by atoms with Gasteiger partial charge in [-0.15, -0.1) is 0 Å². The van der Waals surface area contributed by atoms with Crippen molar-refractivity contribution in [1.29, 1.82) is 0 Å². The van der Waals surface area contributed by atoms with E-state index in [4.69, 9.17) is 0 Å². The van der Waals surface area contributed by atoms with Gasteiger partial charge in [0.2, 0.25) is 0 Å². The first-order valence-electron chi connectivity index (χ1n) is 5.55. The number of nitrogens with zero attached hydrogens (tertiary/aromatic N) is 1. The molecule has 0 saturated heterocycles. The van der Waals surface area contributed by atoms with Crippen molar-refractivity contribution in [3.8, 4) is 0 Å². The van der Waals surface area contributed by atoms with Crippen molar-refractivity contribution < 1.29 is 4.79 Å². The van der Waals surface area contributed by atoms with Crippen LogP contribution in [0.25, 0.3) is 0 Å². The van der Waals surface area contributed by atoms with E-state index in [1.165, 1.54) is 0 Å². The van der Waals surface area contributed by atoms with Crippen LogP contribution < -0.4 is 0 Å². The largest absolute Gasteiger partial charge is 0.339 e. The number of benzene rings is 1. The van der Waals surface area contributed by atoms with Gasteiger partial charge in [-0.3, -0.25) is 4.79 Å². The Bertz CT molecular complexity index is 333. The third-order valence-corrected chi connectivity index (χ3v) is 2.54. The van der Waals surface area contributed by atoms with Gasteiger partial charge in [-0.2, -0.15) is 0 Å². The highest BCUT2D eigenvalue weighted by molar-refractivity contribution is 5.95. The van der Waals surface area contributed by atoms with Crippen LogP contribution in [0.2, 0.25) is 0 Å². The van der Waals surface area contributed by atoms with E-state index in [2.05, 4.69) is 6.92 Å². The van der Waals surface area contributed by atoms with Gasteiger partial charge in [0.1, 0.15) is 0 Å². The van der Waals surface area contributed by atoms with Crippen LogP contribution in [-0.2, 0) is 0 Å². The van der Waals surface area contributed by atoms with Crippen molar-refractivity contribution in [1.82, 2.24) is 4.90 Å². The van der Waals surface area contributed by atoms with E-state index in [0.717, 1.165) is 30.6 Å². The van der Waals surface area contributed by atoms with Crippen molar-refractivity contribution >= 4 is 5.91 Å². The molecule has 1 aromatic carbocycles. The molecule has 0 aliphatic carbocycles. The van der Waals surface area contributed by atoms with E-state index in [1.54, 1.807) is 0 Å². The molecular weight excluding hydrogens is 186 g/mol. The molecule has 0 fully saturated rings. The van der Waals surface area contributed by atoms with Gasteiger partial charge in [0.25, 0.3) is 5.91 Å². The zero-order valence-electron chi connectivity index (χ0n) is 9.79. The van der Waals surface area contributed by atoms with E-state index in [-0.39, 0.29) is 5.91 Å². The predicted octanol–water partition coefficient (Wildman–Crippen LogP) is 2.87. The van der Waals surface area contributed by atoms with Gasteiger partial charge in [-0.1, -0.05) is 25.1 Å². The maximum atomic E-state index is 12.1. The number of hydrogen-bond acceptors (Lipinski definition) is 1. The molecule has 0 unspecified atom stereocenters. The molecule has 2 nitrogen and oxygen atoms in total. The van der Waals surface area contributed by atoms with Gasteiger partial charge >= 0.3 is 0 Å². The van der Waals surface area contributed by atoms with Crippen LogP contribution in [0, 0.1) is 6.92 Å². The quantitative estimate of drug-likeness (QED) is 0.740. The molecule has 0 N–H and O–H groups in total. The molecular formula is C13H19NO. The summed E-state index contributed by atoms with van der Waals surface area (Å²) in [4.78, 5) is 14.0. The van der Waals surface area contributed by atoms with Crippen LogP contribution in [-0.4, -0.2) is 23.9 Å². The minimum atomic E-state index is 0.150. The van der Waals surface area contributed by atoms with Gasteiger partial charge in [0, 0.05) is 18.7 Å². The lowest BCUT2D eigenvalue weighted by molar-refractivity contribution is 0.0764. The second-order valence-electron chi connectivity index (χ2n) is 3.70. The maximum Gasteiger partial charge on any atom is 0.254 e. The van der Waals surface area contributed by atoms with Gasteiger partial charge in [-0.05, 0) is 31.9 Å². The Morgan fingerprint density at radius 2 is 1.93 bits per heavy atom. The number of carbonyl (C=O) groups excluding carboxylic acids is 1. The first-order chi connectivity index (χ1) is 7.20. The summed E-state index contributed by atoms with van der Waals surface area (Å²) in [7, 11) is 0. The maximum absolute atomic E-state index is 12.1. The van der Waals surface area contributed by atoms with Crippen molar-refractivity contribution in [2.75, 3.05) is 13.1 Å². The molecule has 0 saturated carbocycles. The molecule has 0 heterocycles. The standard InChI is InChI=1S/C13H19NO/c1-4-10-14(5-2)13(15)12-9-7-6-8-11(12)3/h6-9H,4-5,10H2,1-3H3. The SMILES string of the molecule is CCCN(CC)C(=O)c1ccccc1C. The second kappa shape index (κ2) is 5.54. The van der Waals surface area contributed by atoms with Crippen molar-refractivity contribution in [2.24, 2.45) is 0 Å². The highest BCUT2D eigenvalue weighted by Crippen LogP contribution is 2.10. The molecule has 1 aromatic rings. The van der Waals surface area contributed by atoms with E-state index in [0.29, 0.717) is 0 Å². The Balaban J connectivity index is 2.88. The second-order valence-corrected chi connectivity index (χ2v) is 3.70. The van der Waals surface area contributed by atoms with E-state index >= 15 is 0 Å². The highest BCUT2D eigenvalue weighted by atomic mass is 16.2. The van der Waals surface area contributed by atoms with E-state index < -0.39 is 0 Å². The molecule has 1 rings (SSSR count). The van der Waals surface area contributed by atoms with Gasteiger partial charge in [-0.25, -0.2) is 0 Å². The van der Waals surface area contributed by atoms with Crippen LogP contribution >= 0.6 is 0 Å². The highest BCUT2D eigenvalue weighted by Gasteiger charge is 2.14. The average Bonchev–Trinajstić information content (AvgIpc) is 2.25. The molecule has 82 valence electrons. The normalized spacial score (nSPS) is 10.1. The molecule has 15 heavy (non-hydrogen) atoms. The Kier molecular flexibility index (Phi) is 4.35.